The van der Waals surface area contributed by atoms with Gasteiger partial charge in [0.05, 0.1) is 51.0 Å². The van der Waals surface area contributed by atoms with E-state index in [-0.39, 0.29) is 0 Å². The Labute approximate surface area is 399 Å². The van der Waals surface area contributed by atoms with Crippen molar-refractivity contribution in [2.24, 2.45) is 9.98 Å². The van der Waals surface area contributed by atoms with Crippen molar-refractivity contribution in [2.75, 3.05) is 0 Å². The van der Waals surface area contributed by atoms with Crippen LogP contribution >= 0.6 is 0 Å². The number of para-hydroxylation sites is 5. The van der Waals surface area contributed by atoms with E-state index in [4.69, 9.17) is 4.99 Å². The summed E-state index contributed by atoms with van der Waals surface area (Å²) in [5, 5.41) is 7.35. The number of benzene rings is 8. The van der Waals surface area contributed by atoms with Gasteiger partial charge in [-0.3, -0.25) is 4.99 Å². The SMILES string of the molecule is C=N/C(=N\Cc1ccc(-n2c3ccccc3c3cc(-n4c5c(c6c4C=CCC6)CCC=C5)ccc32)c(-n2c3ccccc3c3ccccc32)c1)c1cccc(-n2c3ccccc3c3ccccc32)c1. The number of allylic oxidation sites excluding steroid dienone is 2. The Morgan fingerprint density at radius 1 is 0.420 bits per heavy atom. The Hall–Kier alpha value is -8.74. The summed E-state index contributed by atoms with van der Waals surface area (Å²) in [6.07, 6.45) is 13.8. The fourth-order valence-corrected chi connectivity index (χ4v) is 11.7. The molecule has 0 saturated heterocycles. The van der Waals surface area contributed by atoms with Crippen LogP contribution in [0.2, 0.25) is 0 Å². The molecule has 6 heteroatoms. The van der Waals surface area contributed by atoms with E-state index < -0.39 is 0 Å². The fraction of sp³-hybridized carbons (Fsp3) is 0.0794. The minimum atomic E-state index is 0.420. The molecular formula is C63H46N6. The zero-order valence-corrected chi connectivity index (χ0v) is 38.1. The van der Waals surface area contributed by atoms with Crippen LogP contribution in [0.3, 0.4) is 0 Å². The molecule has 0 aliphatic heterocycles. The summed E-state index contributed by atoms with van der Waals surface area (Å²) in [6.45, 7) is 4.46. The number of aromatic nitrogens is 4. The molecule has 0 amide bonds. The number of nitrogens with zero attached hydrogens (tertiary/aromatic N) is 6. The molecule has 0 saturated carbocycles. The highest BCUT2D eigenvalue weighted by atomic mass is 15.1. The van der Waals surface area contributed by atoms with Gasteiger partial charge in [0.15, 0.2) is 5.84 Å². The molecule has 0 unspecified atom stereocenters. The second-order valence-electron chi connectivity index (χ2n) is 18.4. The number of fused-ring (bicyclic) bond motifs is 12. The van der Waals surface area contributed by atoms with Crippen LogP contribution in [-0.4, -0.2) is 30.8 Å². The third-order valence-electron chi connectivity index (χ3n) is 14.7. The molecule has 4 heterocycles. The van der Waals surface area contributed by atoms with Gasteiger partial charge in [-0.1, -0.05) is 121 Å². The van der Waals surface area contributed by atoms with Crippen molar-refractivity contribution in [3.63, 3.8) is 0 Å². The van der Waals surface area contributed by atoms with Crippen LogP contribution in [0.4, 0.5) is 0 Å². The van der Waals surface area contributed by atoms with Gasteiger partial charge in [-0.15, -0.1) is 0 Å². The summed E-state index contributed by atoms with van der Waals surface area (Å²) in [5.41, 5.74) is 19.1. The van der Waals surface area contributed by atoms with E-state index in [1.54, 1.807) is 0 Å². The van der Waals surface area contributed by atoms with Crippen molar-refractivity contribution >= 4 is 90.1 Å². The Balaban J connectivity index is 0.934. The molecule has 0 bridgehead atoms. The van der Waals surface area contributed by atoms with Gasteiger partial charge in [-0.2, -0.15) is 0 Å². The van der Waals surface area contributed by atoms with Crippen LogP contribution in [0.1, 0.15) is 46.5 Å². The number of hydrogen-bond acceptors (Lipinski definition) is 1. The highest BCUT2D eigenvalue weighted by Crippen LogP contribution is 2.41. The lowest BCUT2D eigenvalue weighted by Crippen LogP contribution is -2.05. The molecule has 6 nitrogen and oxygen atoms in total. The highest BCUT2D eigenvalue weighted by Gasteiger charge is 2.25. The van der Waals surface area contributed by atoms with Crippen molar-refractivity contribution in [3.8, 4) is 22.7 Å². The minimum absolute atomic E-state index is 0.420. The molecule has 14 rings (SSSR count). The molecule has 12 aromatic rings. The Kier molecular flexibility index (Phi) is 8.96. The average Bonchev–Trinajstić information content (AvgIpc) is 4.14. The number of hydrogen-bond donors (Lipinski definition) is 0. The third kappa shape index (κ3) is 6.05. The molecule has 0 fully saturated rings. The van der Waals surface area contributed by atoms with E-state index in [1.165, 1.54) is 60.5 Å². The van der Waals surface area contributed by atoms with Crippen molar-refractivity contribution in [3.05, 3.63) is 228 Å². The van der Waals surface area contributed by atoms with Gasteiger partial charge < -0.3 is 18.3 Å². The monoisotopic (exact) mass is 886 g/mol. The molecule has 69 heavy (non-hydrogen) atoms. The lowest BCUT2D eigenvalue weighted by molar-refractivity contribution is 0.922. The first-order valence-electron chi connectivity index (χ1n) is 24.1. The molecule has 0 atom stereocenters. The Morgan fingerprint density at radius 3 is 1.48 bits per heavy atom. The van der Waals surface area contributed by atoms with Crippen molar-refractivity contribution in [1.82, 2.24) is 18.3 Å². The van der Waals surface area contributed by atoms with E-state index in [1.807, 2.05) is 0 Å². The maximum absolute atomic E-state index is 5.21. The van der Waals surface area contributed by atoms with Crippen LogP contribution in [0.5, 0.6) is 0 Å². The zero-order chi connectivity index (χ0) is 45.6. The smallest absolute Gasteiger partial charge is 0.154 e. The standard InChI is InChI=1S/C63H46N6/c1-64-63(42-17-16-18-43(38-42)66-53-26-9-2-19-45(53)46-20-3-10-27-54(46)66)65-40-41-33-35-61(62(37-41)69-57-30-13-6-23-49(57)50-24-7-14-31-58(50)69)68-59-32-15-8-25-51(59)52-39-44(34-36-60(52)68)67-55-28-11-4-21-47(55)48-22-5-12-29-56(48)67/h2-3,6-20,23-39H,1,4-5,21-22,40H2/b65-63-. The molecule has 0 spiro atoms. The second kappa shape index (κ2) is 15.7. The fourth-order valence-electron chi connectivity index (χ4n) is 11.7. The highest BCUT2D eigenvalue weighted by molar-refractivity contribution is 6.13. The van der Waals surface area contributed by atoms with Gasteiger partial charge in [-0.25, -0.2) is 4.99 Å². The van der Waals surface area contributed by atoms with E-state index in [9.17, 15) is 0 Å². The topological polar surface area (TPSA) is 44.4 Å². The quantitative estimate of drug-likeness (QED) is 0.113. The van der Waals surface area contributed by atoms with Crippen molar-refractivity contribution < 1.29 is 0 Å². The first kappa shape index (κ1) is 39.4. The summed E-state index contributed by atoms with van der Waals surface area (Å²) in [7, 11) is 0. The lowest BCUT2D eigenvalue weighted by Gasteiger charge is -2.18. The number of amidine groups is 1. The van der Waals surface area contributed by atoms with Crippen LogP contribution in [0, 0.1) is 0 Å². The van der Waals surface area contributed by atoms with Gasteiger partial charge in [0.25, 0.3) is 0 Å². The van der Waals surface area contributed by atoms with Gasteiger partial charge in [0.1, 0.15) is 0 Å². The first-order chi connectivity index (χ1) is 34.2. The molecule has 4 aromatic heterocycles. The summed E-state index contributed by atoms with van der Waals surface area (Å²) in [6, 6.07) is 66.1. The normalized spacial score (nSPS) is 13.7. The second-order valence-corrected chi connectivity index (χ2v) is 18.4. The average molecular weight is 887 g/mol. The van der Waals surface area contributed by atoms with E-state index in [0.717, 1.165) is 87.0 Å². The lowest BCUT2D eigenvalue weighted by atomic mass is 9.94. The maximum atomic E-state index is 5.21. The summed E-state index contributed by atoms with van der Waals surface area (Å²) in [5.74, 6) is 0.606. The molecule has 0 N–H and O–H groups in total. The van der Waals surface area contributed by atoms with Crippen LogP contribution in [0.25, 0.3) is 100 Å². The molecule has 2 aliphatic carbocycles. The van der Waals surface area contributed by atoms with E-state index >= 15 is 0 Å². The van der Waals surface area contributed by atoms with E-state index in [0.29, 0.717) is 12.4 Å². The van der Waals surface area contributed by atoms with Gasteiger partial charge in [0.2, 0.25) is 0 Å². The van der Waals surface area contributed by atoms with Crippen molar-refractivity contribution in [2.45, 2.75) is 32.2 Å². The minimum Gasteiger partial charge on any atom is -0.310 e. The first-order valence-corrected chi connectivity index (χ1v) is 24.1. The predicted octanol–water partition coefficient (Wildman–Crippen LogP) is 15.3. The summed E-state index contributed by atoms with van der Waals surface area (Å²) >= 11 is 0. The number of rotatable bonds is 7. The Bertz CT molecular complexity index is 4050. The van der Waals surface area contributed by atoms with Crippen LogP contribution < -0.4 is 0 Å². The summed E-state index contributed by atoms with van der Waals surface area (Å²) < 4.78 is 9.75. The third-order valence-corrected chi connectivity index (χ3v) is 14.7. The van der Waals surface area contributed by atoms with Crippen LogP contribution in [0.15, 0.2) is 204 Å². The largest absolute Gasteiger partial charge is 0.310 e. The predicted molar refractivity (Wildman–Crippen MR) is 290 cm³/mol. The molecule has 8 aromatic carbocycles. The van der Waals surface area contributed by atoms with E-state index in [2.05, 4.69) is 236 Å². The molecular weight excluding hydrogens is 841 g/mol. The van der Waals surface area contributed by atoms with Crippen LogP contribution in [-0.2, 0) is 19.4 Å². The molecule has 0 radical (unpaired) electrons. The molecule has 2 aliphatic rings. The molecule has 328 valence electrons. The Morgan fingerprint density at radius 2 is 0.913 bits per heavy atom. The van der Waals surface area contributed by atoms with Crippen molar-refractivity contribution in [1.29, 1.82) is 0 Å². The maximum Gasteiger partial charge on any atom is 0.154 e. The zero-order valence-electron chi connectivity index (χ0n) is 38.1. The van der Waals surface area contributed by atoms with Gasteiger partial charge >= 0.3 is 0 Å². The van der Waals surface area contributed by atoms with Gasteiger partial charge in [-0.05, 0) is 134 Å². The van der Waals surface area contributed by atoms with Gasteiger partial charge in [0, 0.05) is 60.6 Å². The summed E-state index contributed by atoms with van der Waals surface area (Å²) in [4.78, 5) is 9.76. The number of aliphatic imine (C=N–C) groups is 2.